The van der Waals surface area contributed by atoms with Crippen molar-refractivity contribution in [2.75, 3.05) is 39.8 Å². The van der Waals surface area contributed by atoms with Crippen LogP contribution in [-0.4, -0.2) is 72.5 Å². The van der Waals surface area contributed by atoms with Crippen LogP contribution in [0.25, 0.3) is 0 Å². The van der Waals surface area contributed by atoms with Gasteiger partial charge in [-0.15, -0.1) is 24.0 Å². The van der Waals surface area contributed by atoms with E-state index in [1.54, 1.807) is 13.2 Å². The number of rotatable bonds is 5. The second kappa shape index (κ2) is 9.91. The van der Waals surface area contributed by atoms with Gasteiger partial charge in [-0.05, 0) is 12.8 Å². The highest BCUT2D eigenvalue weighted by molar-refractivity contribution is 14.0. The van der Waals surface area contributed by atoms with Crippen LogP contribution in [0.2, 0.25) is 0 Å². The molecule has 0 unspecified atom stereocenters. The number of piperazine rings is 1. The molecule has 9 heteroatoms. The average Bonchev–Trinajstić information content (AvgIpc) is 3.28. The first kappa shape index (κ1) is 22.9. The number of oxazole rings is 1. The molecule has 2 aliphatic rings. The van der Waals surface area contributed by atoms with Crippen molar-refractivity contribution in [2.45, 2.75) is 51.6 Å². The van der Waals surface area contributed by atoms with E-state index >= 15 is 0 Å². The fourth-order valence-corrected chi connectivity index (χ4v) is 3.05. The number of hydrogen-bond donors (Lipinski definition) is 2. The summed E-state index contributed by atoms with van der Waals surface area (Å²) in [5, 5.41) is 6.38. The Morgan fingerprint density at radius 3 is 2.50 bits per heavy atom. The van der Waals surface area contributed by atoms with Gasteiger partial charge in [-0.25, -0.2) is 4.98 Å². The molecule has 1 aliphatic carbocycles. The lowest BCUT2D eigenvalue weighted by molar-refractivity contribution is -0.122. The number of aromatic nitrogens is 1. The van der Waals surface area contributed by atoms with Crippen LogP contribution < -0.4 is 10.6 Å². The van der Waals surface area contributed by atoms with Crippen LogP contribution in [0.4, 0.5) is 0 Å². The number of aliphatic imine (C=N–C) groups is 1. The van der Waals surface area contributed by atoms with E-state index in [9.17, 15) is 4.79 Å². The Hall–Kier alpha value is -1.36. The van der Waals surface area contributed by atoms with E-state index in [1.165, 1.54) is 0 Å². The molecule has 1 saturated carbocycles. The van der Waals surface area contributed by atoms with E-state index in [4.69, 9.17) is 4.42 Å². The number of guanidine groups is 1. The molecule has 28 heavy (non-hydrogen) atoms. The molecule has 2 fully saturated rings. The van der Waals surface area contributed by atoms with Crippen molar-refractivity contribution in [3.63, 3.8) is 0 Å². The van der Waals surface area contributed by atoms with Crippen molar-refractivity contribution < 1.29 is 9.21 Å². The van der Waals surface area contributed by atoms with E-state index in [0.717, 1.165) is 50.7 Å². The maximum atomic E-state index is 11.9. The molecule has 1 amide bonds. The Morgan fingerprint density at radius 2 is 1.96 bits per heavy atom. The van der Waals surface area contributed by atoms with Crippen LogP contribution >= 0.6 is 24.0 Å². The summed E-state index contributed by atoms with van der Waals surface area (Å²) in [6, 6.07) is 0.427. The molecule has 2 N–H and O–H groups in total. The normalized spacial score (nSPS) is 18.6. The van der Waals surface area contributed by atoms with Gasteiger partial charge in [-0.3, -0.25) is 14.7 Å². The van der Waals surface area contributed by atoms with Crippen LogP contribution in [0.3, 0.4) is 0 Å². The first-order chi connectivity index (χ1) is 12.8. The molecular weight excluding hydrogens is 471 g/mol. The molecule has 1 aliphatic heterocycles. The molecule has 0 aromatic carbocycles. The Kier molecular flexibility index (Phi) is 8.11. The van der Waals surface area contributed by atoms with Crippen molar-refractivity contribution in [3.8, 4) is 0 Å². The summed E-state index contributed by atoms with van der Waals surface area (Å²) in [6.07, 6.45) is 4.05. The highest BCUT2D eigenvalue weighted by atomic mass is 127. The summed E-state index contributed by atoms with van der Waals surface area (Å²) >= 11 is 0. The molecule has 0 bridgehead atoms. The van der Waals surface area contributed by atoms with Gasteiger partial charge in [-0.1, -0.05) is 20.8 Å². The molecule has 2 heterocycles. The van der Waals surface area contributed by atoms with Crippen LogP contribution in [-0.2, 0) is 16.8 Å². The van der Waals surface area contributed by atoms with Gasteiger partial charge in [0, 0.05) is 44.7 Å². The summed E-state index contributed by atoms with van der Waals surface area (Å²) in [6.45, 7) is 10.7. The third-order valence-corrected chi connectivity index (χ3v) is 4.88. The number of halogens is 1. The molecule has 0 atom stereocenters. The Morgan fingerprint density at radius 1 is 1.29 bits per heavy atom. The van der Waals surface area contributed by atoms with Crippen LogP contribution in [0.15, 0.2) is 15.6 Å². The molecule has 3 rings (SSSR count). The lowest BCUT2D eigenvalue weighted by Gasteiger charge is -2.36. The minimum absolute atomic E-state index is 0. The first-order valence-electron chi connectivity index (χ1n) is 9.77. The third-order valence-electron chi connectivity index (χ3n) is 4.88. The maximum absolute atomic E-state index is 11.9. The SMILES string of the molecule is CN=C(NCc1ncc(C(C)(C)C)o1)N1CCN(CC(=O)NC2CC2)CC1.I. The zero-order valence-electron chi connectivity index (χ0n) is 17.3. The van der Waals surface area contributed by atoms with Gasteiger partial charge in [0.15, 0.2) is 5.96 Å². The van der Waals surface area contributed by atoms with Gasteiger partial charge in [-0.2, -0.15) is 0 Å². The summed E-state index contributed by atoms with van der Waals surface area (Å²) in [7, 11) is 1.79. The fraction of sp³-hybridized carbons (Fsp3) is 0.737. The molecule has 1 aromatic rings. The molecule has 8 nitrogen and oxygen atoms in total. The number of carbonyl (C=O) groups is 1. The van der Waals surface area contributed by atoms with Gasteiger partial charge < -0.3 is 20.0 Å². The molecule has 1 aromatic heterocycles. The number of nitrogens with zero attached hydrogens (tertiary/aromatic N) is 4. The topological polar surface area (TPSA) is 86.0 Å². The lowest BCUT2D eigenvalue weighted by Crippen LogP contribution is -2.54. The zero-order valence-corrected chi connectivity index (χ0v) is 19.7. The van der Waals surface area contributed by atoms with Crippen molar-refractivity contribution in [3.05, 3.63) is 17.8 Å². The Balaban J connectivity index is 0.00000280. The van der Waals surface area contributed by atoms with Crippen LogP contribution in [0.1, 0.15) is 45.3 Å². The van der Waals surface area contributed by atoms with Crippen molar-refractivity contribution in [1.82, 2.24) is 25.4 Å². The monoisotopic (exact) mass is 504 g/mol. The van der Waals surface area contributed by atoms with Crippen LogP contribution in [0, 0.1) is 0 Å². The predicted octanol–water partition coefficient (Wildman–Crippen LogP) is 1.56. The van der Waals surface area contributed by atoms with E-state index in [-0.39, 0.29) is 35.3 Å². The summed E-state index contributed by atoms with van der Waals surface area (Å²) in [5.41, 5.74) is -0.0466. The number of hydrogen-bond acceptors (Lipinski definition) is 5. The van der Waals surface area contributed by atoms with E-state index in [1.807, 2.05) is 0 Å². The van der Waals surface area contributed by atoms with Crippen LogP contribution in [0.5, 0.6) is 0 Å². The molecule has 0 spiro atoms. The van der Waals surface area contributed by atoms with Gasteiger partial charge >= 0.3 is 0 Å². The second-order valence-corrected chi connectivity index (χ2v) is 8.37. The smallest absolute Gasteiger partial charge is 0.234 e. The first-order valence-corrected chi connectivity index (χ1v) is 9.77. The van der Waals surface area contributed by atoms with Gasteiger partial charge in [0.25, 0.3) is 0 Å². The quantitative estimate of drug-likeness (QED) is 0.360. The molecule has 0 radical (unpaired) electrons. The average molecular weight is 504 g/mol. The molecule has 1 saturated heterocycles. The minimum atomic E-state index is -0.0466. The second-order valence-electron chi connectivity index (χ2n) is 8.37. The summed E-state index contributed by atoms with van der Waals surface area (Å²) in [4.78, 5) is 25.1. The minimum Gasteiger partial charge on any atom is -0.443 e. The van der Waals surface area contributed by atoms with Crippen molar-refractivity contribution in [2.24, 2.45) is 4.99 Å². The highest BCUT2D eigenvalue weighted by Gasteiger charge is 2.26. The Bertz CT molecular complexity index is 672. The fourth-order valence-electron chi connectivity index (χ4n) is 3.05. The summed E-state index contributed by atoms with van der Waals surface area (Å²) < 4.78 is 5.83. The predicted molar refractivity (Wildman–Crippen MR) is 120 cm³/mol. The zero-order chi connectivity index (χ0) is 19.4. The highest BCUT2D eigenvalue weighted by Crippen LogP contribution is 2.22. The third kappa shape index (κ3) is 6.61. The van der Waals surface area contributed by atoms with Gasteiger partial charge in [0.1, 0.15) is 5.76 Å². The lowest BCUT2D eigenvalue weighted by atomic mass is 9.94. The van der Waals surface area contributed by atoms with E-state index < -0.39 is 0 Å². The van der Waals surface area contributed by atoms with E-state index in [2.05, 4.69) is 51.2 Å². The number of amides is 1. The van der Waals surface area contributed by atoms with Crippen molar-refractivity contribution >= 4 is 35.8 Å². The summed E-state index contributed by atoms with van der Waals surface area (Å²) in [5.74, 6) is 2.53. The van der Waals surface area contributed by atoms with Crippen molar-refractivity contribution in [1.29, 1.82) is 0 Å². The number of nitrogens with one attached hydrogen (secondary N) is 2. The van der Waals surface area contributed by atoms with E-state index in [0.29, 0.717) is 25.0 Å². The van der Waals surface area contributed by atoms with Gasteiger partial charge in [0.2, 0.25) is 11.8 Å². The Labute approximate surface area is 184 Å². The van der Waals surface area contributed by atoms with Gasteiger partial charge in [0.05, 0.1) is 19.3 Å². The molecular formula is C19H33IN6O2. The largest absolute Gasteiger partial charge is 0.443 e. The maximum Gasteiger partial charge on any atom is 0.234 e. The standard InChI is InChI=1S/C19H32N6O2.HI/c1-19(2,3)15-11-21-17(27-15)12-22-18(20-4)25-9-7-24(8-10-25)13-16(26)23-14-5-6-14;/h11,14H,5-10,12-13H2,1-4H3,(H,20,22)(H,23,26);1H. The number of carbonyl (C=O) groups excluding carboxylic acids is 1. The molecule has 158 valence electrons.